The third-order valence-corrected chi connectivity index (χ3v) is 3.15. The van der Waals surface area contributed by atoms with Crippen LogP contribution >= 0.6 is 0 Å². The number of carbonyl (C=O) groups is 1. The van der Waals surface area contributed by atoms with Gasteiger partial charge in [0.2, 0.25) is 5.60 Å². The summed E-state index contributed by atoms with van der Waals surface area (Å²) in [6, 6.07) is 10.6. The summed E-state index contributed by atoms with van der Waals surface area (Å²) in [6.07, 6.45) is -4.95. The molecule has 21 heavy (non-hydrogen) atoms. The summed E-state index contributed by atoms with van der Waals surface area (Å²) in [5, 5.41) is 19.0. The van der Waals surface area contributed by atoms with Crippen molar-refractivity contribution in [3.8, 4) is 0 Å². The molecule has 0 saturated heterocycles. The number of benzene rings is 2. The number of aromatic carboxylic acids is 1. The number of halogens is 3. The molecule has 0 bridgehead atoms. The summed E-state index contributed by atoms with van der Waals surface area (Å²) in [6.45, 7) is 0. The van der Waals surface area contributed by atoms with Gasteiger partial charge in [-0.25, -0.2) is 4.79 Å². The van der Waals surface area contributed by atoms with E-state index in [4.69, 9.17) is 5.11 Å². The van der Waals surface area contributed by atoms with E-state index in [0.29, 0.717) is 0 Å². The SMILES string of the molecule is O=C(O)c1ccc(C(O)(c2ccccc2)C(F)(F)F)cc1. The number of aliphatic hydroxyl groups is 1. The Balaban J connectivity index is 2.59. The molecule has 0 amide bonds. The van der Waals surface area contributed by atoms with Crippen LogP contribution in [0.3, 0.4) is 0 Å². The first kappa shape index (κ1) is 15.1. The van der Waals surface area contributed by atoms with E-state index >= 15 is 0 Å². The average molecular weight is 296 g/mol. The van der Waals surface area contributed by atoms with Crippen molar-refractivity contribution in [3.05, 3.63) is 71.3 Å². The lowest BCUT2D eigenvalue weighted by molar-refractivity contribution is -0.248. The zero-order valence-electron chi connectivity index (χ0n) is 10.6. The second-order valence-corrected chi connectivity index (χ2v) is 4.46. The minimum absolute atomic E-state index is 0.156. The molecule has 2 N–H and O–H groups in total. The van der Waals surface area contributed by atoms with E-state index in [1.807, 2.05) is 0 Å². The van der Waals surface area contributed by atoms with Crippen LogP contribution in [0.5, 0.6) is 0 Å². The van der Waals surface area contributed by atoms with Crippen molar-refractivity contribution in [1.82, 2.24) is 0 Å². The van der Waals surface area contributed by atoms with Crippen LogP contribution in [0.15, 0.2) is 54.6 Å². The Kier molecular flexibility index (Phi) is 3.74. The van der Waals surface area contributed by atoms with Gasteiger partial charge in [-0.3, -0.25) is 0 Å². The van der Waals surface area contributed by atoms with Gasteiger partial charge in [0.15, 0.2) is 0 Å². The molecule has 110 valence electrons. The van der Waals surface area contributed by atoms with Crippen LogP contribution in [0.25, 0.3) is 0 Å². The van der Waals surface area contributed by atoms with E-state index in [9.17, 15) is 23.1 Å². The third-order valence-electron chi connectivity index (χ3n) is 3.15. The molecule has 0 aliphatic carbocycles. The summed E-state index contributed by atoms with van der Waals surface area (Å²) in [7, 11) is 0. The quantitative estimate of drug-likeness (QED) is 0.914. The van der Waals surface area contributed by atoms with Gasteiger partial charge < -0.3 is 10.2 Å². The fourth-order valence-corrected chi connectivity index (χ4v) is 2.03. The monoisotopic (exact) mass is 296 g/mol. The number of alkyl halides is 3. The molecule has 1 unspecified atom stereocenters. The molecule has 2 rings (SSSR count). The number of hydrogen-bond acceptors (Lipinski definition) is 2. The Bertz CT molecular complexity index is 635. The molecule has 2 aromatic carbocycles. The van der Waals surface area contributed by atoms with Crippen molar-refractivity contribution in [3.63, 3.8) is 0 Å². The molecular formula is C15H11F3O3. The van der Waals surface area contributed by atoms with E-state index in [-0.39, 0.29) is 11.1 Å². The number of rotatable bonds is 3. The van der Waals surface area contributed by atoms with Gasteiger partial charge in [-0.1, -0.05) is 42.5 Å². The first-order valence-electron chi connectivity index (χ1n) is 5.95. The normalized spacial score (nSPS) is 14.5. The van der Waals surface area contributed by atoms with E-state index < -0.39 is 23.3 Å². The van der Waals surface area contributed by atoms with E-state index in [0.717, 1.165) is 24.3 Å². The molecule has 0 saturated carbocycles. The zero-order valence-corrected chi connectivity index (χ0v) is 10.6. The second kappa shape index (κ2) is 5.21. The first-order chi connectivity index (χ1) is 9.76. The maximum absolute atomic E-state index is 13.4. The first-order valence-corrected chi connectivity index (χ1v) is 5.95. The summed E-state index contributed by atoms with van der Waals surface area (Å²) >= 11 is 0. The van der Waals surface area contributed by atoms with Crippen molar-refractivity contribution >= 4 is 5.97 Å². The Morgan fingerprint density at radius 3 is 1.76 bits per heavy atom. The van der Waals surface area contributed by atoms with E-state index in [2.05, 4.69) is 0 Å². The molecular weight excluding hydrogens is 285 g/mol. The van der Waals surface area contributed by atoms with Gasteiger partial charge in [0.05, 0.1) is 5.56 Å². The maximum atomic E-state index is 13.4. The highest BCUT2D eigenvalue weighted by atomic mass is 19.4. The van der Waals surface area contributed by atoms with Crippen molar-refractivity contribution in [2.75, 3.05) is 0 Å². The van der Waals surface area contributed by atoms with Gasteiger partial charge in [-0.2, -0.15) is 13.2 Å². The van der Waals surface area contributed by atoms with Crippen LogP contribution in [0, 0.1) is 0 Å². The predicted octanol–water partition coefficient (Wildman–Crippen LogP) is 3.18. The van der Waals surface area contributed by atoms with Crippen LogP contribution in [0.4, 0.5) is 13.2 Å². The highest BCUT2D eigenvalue weighted by Gasteiger charge is 2.56. The van der Waals surface area contributed by atoms with Crippen molar-refractivity contribution in [1.29, 1.82) is 0 Å². The lowest BCUT2D eigenvalue weighted by atomic mass is 9.85. The van der Waals surface area contributed by atoms with Gasteiger partial charge >= 0.3 is 12.1 Å². The Morgan fingerprint density at radius 1 is 0.857 bits per heavy atom. The van der Waals surface area contributed by atoms with Crippen molar-refractivity contribution < 1.29 is 28.2 Å². The minimum atomic E-state index is -4.95. The number of hydrogen-bond donors (Lipinski definition) is 2. The molecule has 6 heteroatoms. The molecule has 3 nitrogen and oxygen atoms in total. The molecule has 0 heterocycles. The molecule has 0 spiro atoms. The Hall–Kier alpha value is -2.34. The average Bonchev–Trinajstić information content (AvgIpc) is 2.46. The van der Waals surface area contributed by atoms with E-state index in [1.54, 1.807) is 0 Å². The van der Waals surface area contributed by atoms with Gasteiger partial charge in [0.1, 0.15) is 0 Å². The number of carboxylic acids is 1. The summed E-state index contributed by atoms with van der Waals surface area (Å²) in [5.41, 5.74) is -4.12. The third kappa shape index (κ3) is 2.62. The largest absolute Gasteiger partial charge is 0.478 e. The van der Waals surface area contributed by atoms with Crippen molar-refractivity contribution in [2.24, 2.45) is 0 Å². The summed E-state index contributed by atoms with van der Waals surface area (Å²) < 4.78 is 40.1. The van der Waals surface area contributed by atoms with Crippen LogP contribution in [0.2, 0.25) is 0 Å². The molecule has 0 radical (unpaired) electrons. The fourth-order valence-electron chi connectivity index (χ4n) is 2.03. The zero-order chi connectivity index (χ0) is 15.7. The molecule has 2 aromatic rings. The second-order valence-electron chi connectivity index (χ2n) is 4.46. The lowest BCUT2D eigenvalue weighted by Crippen LogP contribution is -2.43. The van der Waals surface area contributed by atoms with Crippen LogP contribution in [-0.4, -0.2) is 22.4 Å². The summed E-state index contributed by atoms with van der Waals surface area (Å²) in [5.74, 6) is -1.25. The molecule has 1 atom stereocenters. The van der Waals surface area contributed by atoms with Gasteiger partial charge in [-0.05, 0) is 23.3 Å². The lowest BCUT2D eigenvalue weighted by Gasteiger charge is -2.31. The maximum Gasteiger partial charge on any atom is 0.425 e. The minimum Gasteiger partial charge on any atom is -0.478 e. The predicted molar refractivity (Wildman–Crippen MR) is 68.9 cm³/mol. The van der Waals surface area contributed by atoms with Crippen LogP contribution < -0.4 is 0 Å². The molecule has 0 aromatic heterocycles. The topological polar surface area (TPSA) is 57.5 Å². The molecule has 0 aliphatic rings. The van der Waals surface area contributed by atoms with Gasteiger partial charge in [0, 0.05) is 0 Å². The van der Waals surface area contributed by atoms with Gasteiger partial charge in [0.25, 0.3) is 0 Å². The smallest absolute Gasteiger partial charge is 0.425 e. The van der Waals surface area contributed by atoms with Gasteiger partial charge in [-0.15, -0.1) is 0 Å². The van der Waals surface area contributed by atoms with Crippen LogP contribution in [-0.2, 0) is 5.60 Å². The standard InChI is InChI=1S/C15H11F3O3/c16-15(17,18)14(21,11-4-2-1-3-5-11)12-8-6-10(7-9-12)13(19)20/h1-9,21H,(H,19,20). The highest BCUT2D eigenvalue weighted by molar-refractivity contribution is 5.87. The van der Waals surface area contributed by atoms with Crippen molar-refractivity contribution in [2.45, 2.75) is 11.8 Å². The number of carboxylic acid groups (broad SMARTS) is 1. The molecule has 0 aliphatic heterocycles. The van der Waals surface area contributed by atoms with E-state index in [1.165, 1.54) is 30.3 Å². The Morgan fingerprint density at radius 2 is 1.33 bits per heavy atom. The van der Waals surface area contributed by atoms with Crippen LogP contribution in [0.1, 0.15) is 21.5 Å². The summed E-state index contributed by atoms with van der Waals surface area (Å²) in [4.78, 5) is 10.7. The molecule has 0 fully saturated rings. The highest BCUT2D eigenvalue weighted by Crippen LogP contribution is 2.44. The Labute approximate surface area is 118 Å². The fraction of sp³-hybridized carbons (Fsp3) is 0.133.